The fourth-order valence-electron chi connectivity index (χ4n) is 2.85. The summed E-state index contributed by atoms with van der Waals surface area (Å²) in [6, 6.07) is 13.7. The lowest BCUT2D eigenvalue weighted by Gasteiger charge is -2.01. The van der Waals surface area contributed by atoms with Crippen molar-refractivity contribution in [2.24, 2.45) is 0 Å². The monoisotopic (exact) mass is 407 g/mol. The molecule has 0 bridgehead atoms. The number of rotatable bonds is 5. The van der Waals surface area contributed by atoms with E-state index in [0.29, 0.717) is 33.7 Å². The van der Waals surface area contributed by atoms with Crippen molar-refractivity contribution in [3.05, 3.63) is 70.3 Å². The zero-order chi connectivity index (χ0) is 18.9. The topological polar surface area (TPSA) is 100 Å². The third-order valence-electron chi connectivity index (χ3n) is 4.14. The minimum Gasteiger partial charge on any atom is -0.355 e. The highest BCUT2D eigenvalue weighted by atomic mass is 32.2. The zero-order valence-corrected chi connectivity index (χ0v) is 16.0. The van der Waals surface area contributed by atoms with E-state index in [1.54, 1.807) is 11.3 Å². The number of hydrogen-bond acceptors (Lipinski definition) is 7. The average Bonchev–Trinajstić information content (AvgIpc) is 3.46. The van der Waals surface area contributed by atoms with Gasteiger partial charge in [0.2, 0.25) is 11.7 Å². The summed E-state index contributed by atoms with van der Waals surface area (Å²) in [5.74, 6) is 1.46. The second-order valence-electron chi connectivity index (χ2n) is 5.94. The van der Waals surface area contributed by atoms with Crippen molar-refractivity contribution in [2.45, 2.75) is 10.9 Å². The number of nitrogens with zero attached hydrogens (tertiary/aromatic N) is 3. The number of aromatic nitrogens is 5. The predicted octanol–water partition coefficient (Wildman–Crippen LogP) is 4.32. The Morgan fingerprint density at radius 1 is 1.11 bits per heavy atom. The number of thioether (sulfide) groups is 1. The van der Waals surface area contributed by atoms with Crippen molar-refractivity contribution in [3.8, 4) is 21.8 Å². The molecule has 1 aromatic carbocycles. The second-order valence-corrected chi connectivity index (χ2v) is 7.85. The van der Waals surface area contributed by atoms with E-state index in [2.05, 4.69) is 25.1 Å². The van der Waals surface area contributed by atoms with Crippen LogP contribution in [0.5, 0.6) is 0 Å². The maximum Gasteiger partial charge on any atom is 0.275 e. The molecule has 0 amide bonds. The van der Waals surface area contributed by atoms with E-state index in [-0.39, 0.29) is 5.56 Å². The summed E-state index contributed by atoms with van der Waals surface area (Å²) >= 11 is 2.90. The summed E-state index contributed by atoms with van der Waals surface area (Å²) < 4.78 is 5.30. The van der Waals surface area contributed by atoms with Gasteiger partial charge in [0.05, 0.1) is 10.6 Å². The Morgan fingerprint density at radius 2 is 2.00 bits per heavy atom. The van der Waals surface area contributed by atoms with Crippen LogP contribution in [-0.4, -0.2) is 25.1 Å². The molecule has 0 atom stereocenters. The molecule has 0 aliphatic heterocycles. The fourth-order valence-corrected chi connectivity index (χ4v) is 4.20. The molecule has 5 aromatic rings. The van der Waals surface area contributed by atoms with Gasteiger partial charge in [0, 0.05) is 11.8 Å². The Hall–Kier alpha value is -3.17. The highest BCUT2D eigenvalue weighted by molar-refractivity contribution is 7.98. The van der Waals surface area contributed by atoms with Crippen molar-refractivity contribution in [1.29, 1.82) is 0 Å². The van der Waals surface area contributed by atoms with E-state index < -0.39 is 0 Å². The standard InChI is InChI=1S/C19H13N5O2S2/c25-18-16-15(12(9-20-16)11-5-2-1-3-6-11)22-19(23-18)28-10-14-21-17(24-26-14)13-7-4-8-27-13/h1-9,20H,10H2,(H,22,23,25). The van der Waals surface area contributed by atoms with E-state index in [9.17, 15) is 4.79 Å². The lowest BCUT2D eigenvalue weighted by Crippen LogP contribution is -2.09. The first kappa shape index (κ1) is 17.0. The van der Waals surface area contributed by atoms with E-state index in [4.69, 9.17) is 4.52 Å². The first-order valence-corrected chi connectivity index (χ1v) is 10.3. The van der Waals surface area contributed by atoms with Crippen LogP contribution in [-0.2, 0) is 5.75 Å². The third kappa shape index (κ3) is 3.14. The van der Waals surface area contributed by atoms with Crippen LogP contribution in [0.4, 0.5) is 0 Å². The van der Waals surface area contributed by atoms with Gasteiger partial charge in [-0.3, -0.25) is 9.78 Å². The van der Waals surface area contributed by atoms with Gasteiger partial charge in [0.25, 0.3) is 5.56 Å². The molecule has 0 saturated carbocycles. The van der Waals surface area contributed by atoms with E-state index in [0.717, 1.165) is 16.0 Å². The summed E-state index contributed by atoms with van der Waals surface area (Å²) in [7, 11) is 0. The highest BCUT2D eigenvalue weighted by Gasteiger charge is 2.14. The Morgan fingerprint density at radius 3 is 2.82 bits per heavy atom. The van der Waals surface area contributed by atoms with Gasteiger partial charge in [0.1, 0.15) is 11.0 Å². The molecule has 138 valence electrons. The lowest BCUT2D eigenvalue weighted by molar-refractivity contribution is 0.391. The van der Waals surface area contributed by atoms with Gasteiger partial charge in [-0.1, -0.05) is 53.3 Å². The summed E-state index contributed by atoms with van der Waals surface area (Å²) in [6.45, 7) is 0. The van der Waals surface area contributed by atoms with E-state index in [1.807, 2.05) is 54.0 Å². The molecule has 4 heterocycles. The van der Waals surface area contributed by atoms with Crippen molar-refractivity contribution in [3.63, 3.8) is 0 Å². The van der Waals surface area contributed by atoms with Crippen LogP contribution >= 0.6 is 23.1 Å². The molecule has 0 radical (unpaired) electrons. The van der Waals surface area contributed by atoms with Gasteiger partial charge >= 0.3 is 0 Å². The molecule has 2 N–H and O–H groups in total. The summed E-state index contributed by atoms with van der Waals surface area (Å²) in [5.41, 5.74) is 2.78. The largest absolute Gasteiger partial charge is 0.355 e. The first-order valence-electron chi connectivity index (χ1n) is 8.44. The third-order valence-corrected chi connectivity index (χ3v) is 5.86. The Kier molecular flexibility index (Phi) is 4.30. The number of aromatic amines is 2. The maximum absolute atomic E-state index is 12.4. The number of H-pyrrole nitrogens is 2. The Labute approximate surface area is 166 Å². The minimum atomic E-state index is -0.209. The van der Waals surface area contributed by atoms with Crippen LogP contribution in [0.3, 0.4) is 0 Å². The van der Waals surface area contributed by atoms with Crippen LogP contribution < -0.4 is 5.56 Å². The second kappa shape index (κ2) is 7.10. The molecule has 5 rings (SSSR count). The molecule has 4 aromatic heterocycles. The molecule has 0 unspecified atom stereocenters. The van der Waals surface area contributed by atoms with Crippen molar-refractivity contribution >= 4 is 34.1 Å². The predicted molar refractivity (Wildman–Crippen MR) is 109 cm³/mol. The molecule has 0 aliphatic rings. The molecular weight excluding hydrogens is 394 g/mol. The number of benzene rings is 1. The van der Waals surface area contributed by atoms with Crippen LogP contribution in [0.15, 0.2) is 68.5 Å². The number of nitrogens with one attached hydrogen (secondary N) is 2. The van der Waals surface area contributed by atoms with Crippen LogP contribution in [0.2, 0.25) is 0 Å². The molecule has 7 nitrogen and oxygen atoms in total. The highest BCUT2D eigenvalue weighted by Crippen LogP contribution is 2.28. The number of thiophene rings is 1. The van der Waals surface area contributed by atoms with Gasteiger partial charge in [-0.25, -0.2) is 4.98 Å². The average molecular weight is 407 g/mol. The van der Waals surface area contributed by atoms with Crippen molar-refractivity contribution in [2.75, 3.05) is 0 Å². The normalized spacial score (nSPS) is 11.3. The van der Waals surface area contributed by atoms with Crippen molar-refractivity contribution in [1.82, 2.24) is 25.1 Å². The van der Waals surface area contributed by atoms with Crippen molar-refractivity contribution < 1.29 is 4.52 Å². The minimum absolute atomic E-state index is 0.209. The summed E-state index contributed by atoms with van der Waals surface area (Å²) in [5, 5.41) is 6.47. The molecule has 9 heteroatoms. The van der Waals surface area contributed by atoms with Crippen LogP contribution in [0.1, 0.15) is 5.89 Å². The molecule has 0 spiro atoms. The quantitative estimate of drug-likeness (QED) is 0.332. The SMILES string of the molecule is O=c1[nH]c(SCc2nc(-c3cccs3)no2)nc2c(-c3ccccc3)c[nH]c12. The fraction of sp³-hybridized carbons (Fsp3) is 0.0526. The van der Waals surface area contributed by atoms with Gasteiger partial charge in [-0.2, -0.15) is 4.98 Å². The van der Waals surface area contributed by atoms with Gasteiger partial charge in [0.15, 0.2) is 5.16 Å². The summed E-state index contributed by atoms with van der Waals surface area (Å²) in [4.78, 5) is 28.2. The smallest absolute Gasteiger partial charge is 0.275 e. The Balaban J connectivity index is 1.43. The van der Waals surface area contributed by atoms with Gasteiger partial charge in [-0.05, 0) is 17.0 Å². The van der Waals surface area contributed by atoms with Gasteiger partial charge < -0.3 is 9.51 Å². The molecule has 0 saturated heterocycles. The van der Waals surface area contributed by atoms with Gasteiger partial charge in [-0.15, -0.1) is 11.3 Å². The molecule has 28 heavy (non-hydrogen) atoms. The number of fused-ring (bicyclic) bond motifs is 1. The molecule has 0 fully saturated rings. The van der Waals surface area contributed by atoms with E-state index >= 15 is 0 Å². The molecule has 0 aliphatic carbocycles. The van der Waals surface area contributed by atoms with Crippen LogP contribution in [0.25, 0.3) is 32.9 Å². The maximum atomic E-state index is 12.4. The lowest BCUT2D eigenvalue weighted by atomic mass is 10.1. The molecular formula is C19H13N5O2S2. The zero-order valence-electron chi connectivity index (χ0n) is 14.4. The first-order chi connectivity index (χ1) is 13.8. The Bertz CT molecular complexity index is 1290. The summed E-state index contributed by atoms with van der Waals surface area (Å²) in [6.07, 6.45) is 1.81. The number of hydrogen-bond donors (Lipinski definition) is 2. The van der Waals surface area contributed by atoms with E-state index in [1.165, 1.54) is 11.8 Å². The van der Waals surface area contributed by atoms with Crippen LogP contribution in [0, 0.1) is 0 Å².